The second-order valence-electron chi connectivity index (χ2n) is 4.67. The van der Waals surface area contributed by atoms with Crippen molar-refractivity contribution >= 4 is 11.3 Å². The lowest BCUT2D eigenvalue weighted by Gasteiger charge is -1.97. The molecule has 0 atom stereocenters. The van der Waals surface area contributed by atoms with Gasteiger partial charge in [-0.3, -0.25) is 0 Å². The van der Waals surface area contributed by atoms with E-state index in [0.717, 1.165) is 12.0 Å². The van der Waals surface area contributed by atoms with E-state index in [1.807, 2.05) is 0 Å². The van der Waals surface area contributed by atoms with Gasteiger partial charge in [0.1, 0.15) is 0 Å². The molecule has 0 aliphatic heterocycles. The predicted molar refractivity (Wildman–Crippen MR) is 85.4 cm³/mol. The van der Waals surface area contributed by atoms with Gasteiger partial charge in [0.15, 0.2) is 0 Å². The first kappa shape index (κ1) is 13.9. The Labute approximate surface area is 120 Å². The Kier molecular flexibility index (Phi) is 5.72. The summed E-state index contributed by atoms with van der Waals surface area (Å²) in [5.41, 5.74) is 2.40. The SMILES string of the molecule is CCCCCCC#Cc1ccc(-c2cccs2)cc1. The summed E-state index contributed by atoms with van der Waals surface area (Å²) in [5, 5.41) is 2.11. The van der Waals surface area contributed by atoms with Crippen LogP contribution in [0.4, 0.5) is 0 Å². The van der Waals surface area contributed by atoms with Gasteiger partial charge in [-0.25, -0.2) is 0 Å². The smallest absolute Gasteiger partial charge is 0.0342 e. The normalized spacial score (nSPS) is 9.95. The molecule has 1 aromatic carbocycles. The topological polar surface area (TPSA) is 0 Å². The molecule has 98 valence electrons. The van der Waals surface area contributed by atoms with Gasteiger partial charge in [0.2, 0.25) is 0 Å². The third-order valence-electron chi connectivity index (χ3n) is 3.08. The minimum Gasteiger partial charge on any atom is -0.144 e. The zero-order valence-corrected chi connectivity index (χ0v) is 12.3. The fourth-order valence-corrected chi connectivity index (χ4v) is 2.70. The van der Waals surface area contributed by atoms with Crippen LogP contribution in [0.25, 0.3) is 10.4 Å². The van der Waals surface area contributed by atoms with E-state index < -0.39 is 0 Å². The fourth-order valence-electron chi connectivity index (χ4n) is 1.97. The molecule has 0 saturated carbocycles. The highest BCUT2D eigenvalue weighted by Crippen LogP contribution is 2.24. The van der Waals surface area contributed by atoms with Crippen LogP contribution in [0.1, 0.15) is 44.6 Å². The second-order valence-corrected chi connectivity index (χ2v) is 5.61. The fraction of sp³-hybridized carbons (Fsp3) is 0.333. The van der Waals surface area contributed by atoms with Crippen LogP contribution in [0.2, 0.25) is 0 Å². The van der Waals surface area contributed by atoms with E-state index in [9.17, 15) is 0 Å². The van der Waals surface area contributed by atoms with E-state index in [0.29, 0.717) is 0 Å². The van der Waals surface area contributed by atoms with E-state index >= 15 is 0 Å². The van der Waals surface area contributed by atoms with E-state index in [2.05, 4.69) is 60.5 Å². The van der Waals surface area contributed by atoms with Crippen LogP contribution in [0, 0.1) is 11.8 Å². The molecule has 0 amide bonds. The van der Waals surface area contributed by atoms with Crippen molar-refractivity contribution in [1.29, 1.82) is 0 Å². The third-order valence-corrected chi connectivity index (χ3v) is 4.00. The van der Waals surface area contributed by atoms with Crippen LogP contribution >= 0.6 is 11.3 Å². The monoisotopic (exact) mass is 268 g/mol. The van der Waals surface area contributed by atoms with Crippen molar-refractivity contribution in [3.8, 4) is 22.3 Å². The summed E-state index contributed by atoms with van der Waals surface area (Å²) < 4.78 is 0. The molecule has 0 saturated heterocycles. The van der Waals surface area contributed by atoms with Crippen LogP contribution in [0.5, 0.6) is 0 Å². The Bertz CT molecular complexity index is 523. The molecule has 1 aromatic heterocycles. The number of unbranched alkanes of at least 4 members (excludes halogenated alkanes) is 4. The van der Waals surface area contributed by atoms with Gasteiger partial charge < -0.3 is 0 Å². The Balaban J connectivity index is 1.87. The van der Waals surface area contributed by atoms with Gasteiger partial charge in [-0.15, -0.1) is 11.3 Å². The quantitative estimate of drug-likeness (QED) is 0.479. The number of benzene rings is 1. The molecule has 0 nitrogen and oxygen atoms in total. The van der Waals surface area contributed by atoms with E-state index in [4.69, 9.17) is 0 Å². The highest BCUT2D eigenvalue weighted by Gasteiger charge is 1.97. The number of hydrogen-bond donors (Lipinski definition) is 0. The maximum atomic E-state index is 3.27. The molecule has 1 heterocycles. The Morgan fingerprint density at radius 1 is 1.00 bits per heavy atom. The van der Waals surface area contributed by atoms with E-state index in [-0.39, 0.29) is 0 Å². The Hall–Kier alpha value is -1.52. The first-order valence-corrected chi connectivity index (χ1v) is 7.91. The molecular weight excluding hydrogens is 248 g/mol. The van der Waals surface area contributed by atoms with Gasteiger partial charge in [-0.1, -0.05) is 56.2 Å². The molecule has 19 heavy (non-hydrogen) atoms. The Morgan fingerprint density at radius 3 is 2.53 bits per heavy atom. The summed E-state index contributed by atoms with van der Waals surface area (Å²) >= 11 is 1.77. The average Bonchev–Trinajstić information content (AvgIpc) is 2.97. The number of thiophene rings is 1. The van der Waals surface area contributed by atoms with E-state index in [1.165, 1.54) is 36.1 Å². The molecule has 0 aliphatic carbocycles. The first-order chi connectivity index (χ1) is 9.40. The Morgan fingerprint density at radius 2 is 1.84 bits per heavy atom. The van der Waals surface area contributed by atoms with Crippen molar-refractivity contribution in [2.75, 3.05) is 0 Å². The summed E-state index contributed by atoms with van der Waals surface area (Å²) in [5.74, 6) is 6.51. The van der Waals surface area contributed by atoms with Crippen molar-refractivity contribution in [3.05, 3.63) is 47.3 Å². The van der Waals surface area contributed by atoms with Gasteiger partial charge in [0, 0.05) is 16.9 Å². The lowest BCUT2D eigenvalue weighted by molar-refractivity contribution is 0.679. The van der Waals surface area contributed by atoms with Crippen molar-refractivity contribution in [2.24, 2.45) is 0 Å². The van der Waals surface area contributed by atoms with Gasteiger partial charge in [0.05, 0.1) is 0 Å². The first-order valence-electron chi connectivity index (χ1n) is 7.03. The summed E-state index contributed by atoms with van der Waals surface area (Å²) in [4.78, 5) is 1.32. The third kappa shape index (κ3) is 4.58. The predicted octanol–water partition coefficient (Wildman–Crippen LogP) is 5.74. The maximum absolute atomic E-state index is 3.27. The van der Waals surface area contributed by atoms with Gasteiger partial charge in [-0.2, -0.15) is 0 Å². The lowest BCUT2D eigenvalue weighted by atomic mass is 10.1. The number of hydrogen-bond acceptors (Lipinski definition) is 1. The summed E-state index contributed by atoms with van der Waals surface area (Å²) in [7, 11) is 0. The molecule has 0 aliphatic rings. The van der Waals surface area contributed by atoms with Gasteiger partial charge in [0.25, 0.3) is 0 Å². The molecule has 2 rings (SSSR count). The average molecular weight is 268 g/mol. The molecule has 0 bridgehead atoms. The molecule has 1 heteroatoms. The summed E-state index contributed by atoms with van der Waals surface area (Å²) in [6.45, 7) is 2.24. The molecule has 0 N–H and O–H groups in total. The molecule has 2 aromatic rings. The minimum atomic E-state index is 1.02. The highest BCUT2D eigenvalue weighted by molar-refractivity contribution is 7.13. The zero-order valence-electron chi connectivity index (χ0n) is 11.5. The number of rotatable bonds is 5. The second kappa shape index (κ2) is 7.81. The zero-order chi connectivity index (χ0) is 13.3. The standard InChI is InChI=1S/C18H20S/c1-2-3-4-5-6-7-9-16-11-13-17(14-12-16)18-10-8-15-19-18/h8,10-15H,2-6H2,1H3. The van der Waals surface area contributed by atoms with Crippen molar-refractivity contribution < 1.29 is 0 Å². The van der Waals surface area contributed by atoms with Crippen LogP contribution in [-0.4, -0.2) is 0 Å². The van der Waals surface area contributed by atoms with Crippen LogP contribution in [-0.2, 0) is 0 Å². The van der Waals surface area contributed by atoms with E-state index in [1.54, 1.807) is 11.3 Å². The van der Waals surface area contributed by atoms with Crippen LogP contribution in [0.15, 0.2) is 41.8 Å². The molecule has 0 radical (unpaired) electrons. The van der Waals surface area contributed by atoms with Crippen LogP contribution in [0.3, 0.4) is 0 Å². The summed E-state index contributed by atoms with van der Waals surface area (Å²) in [6.07, 6.45) is 6.18. The van der Waals surface area contributed by atoms with Crippen molar-refractivity contribution in [2.45, 2.75) is 39.0 Å². The lowest BCUT2D eigenvalue weighted by Crippen LogP contribution is -1.77. The van der Waals surface area contributed by atoms with Crippen LogP contribution < -0.4 is 0 Å². The summed E-state index contributed by atoms with van der Waals surface area (Å²) in [6, 6.07) is 12.8. The molecule has 0 fully saturated rings. The highest BCUT2D eigenvalue weighted by atomic mass is 32.1. The molecular formula is C18H20S. The molecule has 0 unspecified atom stereocenters. The van der Waals surface area contributed by atoms with Crippen molar-refractivity contribution in [1.82, 2.24) is 0 Å². The minimum absolute atomic E-state index is 1.02. The van der Waals surface area contributed by atoms with Gasteiger partial charge >= 0.3 is 0 Å². The van der Waals surface area contributed by atoms with Crippen molar-refractivity contribution in [3.63, 3.8) is 0 Å². The molecule has 0 spiro atoms. The maximum Gasteiger partial charge on any atom is 0.0342 e. The van der Waals surface area contributed by atoms with Gasteiger partial charge in [-0.05, 0) is 35.6 Å². The largest absolute Gasteiger partial charge is 0.144 e.